The van der Waals surface area contributed by atoms with Crippen LogP contribution in [0.4, 0.5) is 0 Å². The van der Waals surface area contributed by atoms with E-state index in [1.807, 2.05) is 19.1 Å². The molecule has 0 aliphatic heterocycles. The fourth-order valence-corrected chi connectivity index (χ4v) is 2.36. The lowest BCUT2D eigenvalue weighted by Gasteiger charge is -2.12. The van der Waals surface area contributed by atoms with Gasteiger partial charge in [-0.1, -0.05) is 85.5 Å². The highest BCUT2D eigenvalue weighted by Crippen LogP contribution is 2.20. The number of nitrogens with one attached hydrogen (secondary N) is 1. The Morgan fingerprint density at radius 2 is 1.79 bits per heavy atom. The molecule has 0 spiro atoms. The smallest absolute Gasteiger partial charge is 0.0214 e. The van der Waals surface area contributed by atoms with Gasteiger partial charge in [0.25, 0.3) is 0 Å². The molecule has 0 fully saturated rings. The van der Waals surface area contributed by atoms with E-state index in [4.69, 9.17) is 0 Å². The zero-order chi connectivity index (χ0) is 17.6. The van der Waals surface area contributed by atoms with Crippen molar-refractivity contribution in [2.24, 2.45) is 0 Å². The molecule has 0 bridgehead atoms. The molecule has 0 unspecified atom stereocenters. The minimum Gasteiger partial charge on any atom is -0.309 e. The molecule has 126 valence electrons. The normalized spacial score (nSPS) is 13.5. The van der Waals surface area contributed by atoms with Gasteiger partial charge >= 0.3 is 0 Å². The SMILES string of the molecule is C=C/C=C\C(=C/C)CNCc1ccccc1C(/C=C\C=C/C)=C/C. The summed E-state index contributed by atoms with van der Waals surface area (Å²) in [6.07, 6.45) is 18.5. The van der Waals surface area contributed by atoms with Crippen LogP contribution < -0.4 is 5.32 Å². The maximum Gasteiger partial charge on any atom is 0.0214 e. The Morgan fingerprint density at radius 3 is 2.46 bits per heavy atom. The molecular weight excluding hydrogens is 290 g/mol. The first-order valence-corrected chi connectivity index (χ1v) is 8.45. The summed E-state index contributed by atoms with van der Waals surface area (Å²) in [6, 6.07) is 8.55. The maximum atomic E-state index is 3.71. The lowest BCUT2D eigenvalue weighted by molar-refractivity contribution is 0.745. The summed E-state index contributed by atoms with van der Waals surface area (Å²) < 4.78 is 0. The van der Waals surface area contributed by atoms with Crippen molar-refractivity contribution in [3.05, 3.63) is 102 Å². The standard InChI is InChI=1S/C23H29N/c1-5-9-11-15-21(8-4)23-17-13-12-16-22(23)19-24-18-20(7-3)14-10-6-2/h5-17,24H,2,18-19H2,1,3-4H3/b9-5-,14-10-,15-11-,20-7+,21-8+. The monoisotopic (exact) mass is 319 g/mol. The van der Waals surface area contributed by atoms with Crippen molar-refractivity contribution in [3.8, 4) is 0 Å². The molecular formula is C23H29N. The molecule has 0 saturated heterocycles. The fourth-order valence-electron chi connectivity index (χ4n) is 2.36. The minimum absolute atomic E-state index is 0.838. The summed E-state index contributed by atoms with van der Waals surface area (Å²) in [7, 11) is 0. The van der Waals surface area contributed by atoms with Gasteiger partial charge in [0.05, 0.1) is 0 Å². The van der Waals surface area contributed by atoms with Crippen LogP contribution in [0, 0.1) is 0 Å². The van der Waals surface area contributed by atoms with E-state index in [1.54, 1.807) is 6.08 Å². The third-order valence-electron chi connectivity index (χ3n) is 3.68. The Balaban J connectivity index is 2.83. The van der Waals surface area contributed by atoms with E-state index >= 15 is 0 Å². The zero-order valence-electron chi connectivity index (χ0n) is 15.1. The molecule has 0 heterocycles. The van der Waals surface area contributed by atoms with Gasteiger partial charge in [-0.2, -0.15) is 0 Å². The number of hydrogen-bond acceptors (Lipinski definition) is 1. The first-order chi connectivity index (χ1) is 11.8. The van der Waals surface area contributed by atoms with Crippen LogP contribution in [0.15, 0.2) is 91.1 Å². The number of rotatable bonds is 9. The van der Waals surface area contributed by atoms with Gasteiger partial charge in [-0.05, 0) is 43.0 Å². The average Bonchev–Trinajstić information content (AvgIpc) is 2.62. The predicted molar refractivity (Wildman–Crippen MR) is 109 cm³/mol. The van der Waals surface area contributed by atoms with Gasteiger partial charge in [0, 0.05) is 13.1 Å². The van der Waals surface area contributed by atoms with Crippen molar-refractivity contribution in [1.82, 2.24) is 5.32 Å². The van der Waals surface area contributed by atoms with E-state index in [-0.39, 0.29) is 0 Å². The summed E-state index contributed by atoms with van der Waals surface area (Å²) in [5, 5.41) is 3.53. The largest absolute Gasteiger partial charge is 0.309 e. The van der Waals surface area contributed by atoms with Crippen molar-refractivity contribution in [2.45, 2.75) is 27.3 Å². The summed E-state index contributed by atoms with van der Waals surface area (Å²) in [4.78, 5) is 0. The van der Waals surface area contributed by atoms with E-state index in [2.05, 4.69) is 86.5 Å². The zero-order valence-corrected chi connectivity index (χ0v) is 15.1. The second-order valence-electron chi connectivity index (χ2n) is 5.35. The molecule has 0 aromatic heterocycles. The molecule has 0 amide bonds. The Labute approximate surface area is 147 Å². The van der Waals surface area contributed by atoms with Gasteiger partial charge in [0.1, 0.15) is 0 Å². The van der Waals surface area contributed by atoms with E-state index in [9.17, 15) is 0 Å². The molecule has 0 atom stereocenters. The van der Waals surface area contributed by atoms with E-state index in [0.29, 0.717) is 0 Å². The molecule has 1 rings (SSSR count). The number of benzene rings is 1. The molecule has 0 radical (unpaired) electrons. The van der Waals surface area contributed by atoms with E-state index < -0.39 is 0 Å². The third kappa shape index (κ3) is 6.80. The van der Waals surface area contributed by atoms with Gasteiger partial charge in [-0.3, -0.25) is 0 Å². The molecule has 1 aromatic carbocycles. The predicted octanol–water partition coefficient (Wildman–Crippen LogP) is 6.00. The van der Waals surface area contributed by atoms with Crippen LogP contribution in [0.3, 0.4) is 0 Å². The fraction of sp³-hybridized carbons (Fsp3) is 0.217. The second kappa shape index (κ2) is 12.1. The molecule has 0 saturated carbocycles. The maximum absolute atomic E-state index is 3.71. The Kier molecular flexibility index (Phi) is 9.91. The van der Waals surface area contributed by atoms with Crippen LogP contribution in [-0.4, -0.2) is 6.54 Å². The number of allylic oxidation sites excluding steroid dienone is 9. The van der Waals surface area contributed by atoms with Crippen LogP contribution in [0.1, 0.15) is 31.9 Å². The second-order valence-corrected chi connectivity index (χ2v) is 5.35. The molecule has 0 aliphatic rings. The highest BCUT2D eigenvalue weighted by molar-refractivity contribution is 5.76. The minimum atomic E-state index is 0.838. The van der Waals surface area contributed by atoms with E-state index in [0.717, 1.165) is 13.1 Å². The molecule has 1 nitrogen and oxygen atoms in total. The molecule has 1 heteroatoms. The van der Waals surface area contributed by atoms with Gasteiger partial charge in [0.2, 0.25) is 0 Å². The van der Waals surface area contributed by atoms with Gasteiger partial charge < -0.3 is 5.32 Å². The highest BCUT2D eigenvalue weighted by Gasteiger charge is 2.04. The molecule has 0 aliphatic carbocycles. The topological polar surface area (TPSA) is 12.0 Å². The van der Waals surface area contributed by atoms with Gasteiger partial charge in [0.15, 0.2) is 0 Å². The van der Waals surface area contributed by atoms with Crippen LogP contribution in [0.5, 0.6) is 0 Å². The summed E-state index contributed by atoms with van der Waals surface area (Å²) in [6.45, 7) is 11.6. The first-order valence-electron chi connectivity index (χ1n) is 8.45. The van der Waals surface area contributed by atoms with Crippen LogP contribution in [0.25, 0.3) is 5.57 Å². The number of hydrogen-bond donors (Lipinski definition) is 1. The van der Waals surface area contributed by atoms with Crippen molar-refractivity contribution < 1.29 is 0 Å². The van der Waals surface area contributed by atoms with Crippen molar-refractivity contribution in [1.29, 1.82) is 0 Å². The molecule has 24 heavy (non-hydrogen) atoms. The van der Waals surface area contributed by atoms with Crippen LogP contribution >= 0.6 is 0 Å². The highest BCUT2D eigenvalue weighted by atomic mass is 14.8. The van der Waals surface area contributed by atoms with Crippen molar-refractivity contribution >= 4 is 5.57 Å². The van der Waals surface area contributed by atoms with Gasteiger partial charge in [-0.15, -0.1) is 0 Å². The Bertz CT molecular complexity index is 654. The lowest BCUT2D eigenvalue weighted by atomic mass is 9.98. The van der Waals surface area contributed by atoms with E-state index in [1.165, 1.54) is 22.3 Å². The van der Waals surface area contributed by atoms with Crippen LogP contribution in [-0.2, 0) is 6.54 Å². The molecule has 1 N–H and O–H groups in total. The first kappa shape index (κ1) is 19.7. The molecule has 1 aromatic rings. The summed E-state index contributed by atoms with van der Waals surface area (Å²) in [5.74, 6) is 0. The van der Waals surface area contributed by atoms with Crippen LogP contribution in [0.2, 0.25) is 0 Å². The van der Waals surface area contributed by atoms with Crippen molar-refractivity contribution in [2.75, 3.05) is 6.54 Å². The average molecular weight is 319 g/mol. The van der Waals surface area contributed by atoms with Crippen molar-refractivity contribution in [3.63, 3.8) is 0 Å². The summed E-state index contributed by atoms with van der Waals surface area (Å²) >= 11 is 0. The Morgan fingerprint density at radius 1 is 1.00 bits per heavy atom. The lowest BCUT2D eigenvalue weighted by Crippen LogP contribution is -2.16. The Hall–Kier alpha value is -2.38. The third-order valence-corrected chi connectivity index (χ3v) is 3.68. The quantitative estimate of drug-likeness (QED) is 0.550. The van der Waals surface area contributed by atoms with Gasteiger partial charge in [-0.25, -0.2) is 0 Å². The summed E-state index contributed by atoms with van der Waals surface area (Å²) in [5.41, 5.74) is 5.07.